The summed E-state index contributed by atoms with van der Waals surface area (Å²) >= 11 is 0. The molecular formula is C16H18F3N5O3. The van der Waals surface area contributed by atoms with Gasteiger partial charge in [-0.05, 0) is 5.56 Å². The third-order valence-corrected chi connectivity index (χ3v) is 3.16. The van der Waals surface area contributed by atoms with Gasteiger partial charge < -0.3 is 10.1 Å². The molecule has 2 rings (SSSR count). The van der Waals surface area contributed by atoms with Crippen LogP contribution in [0.15, 0.2) is 36.7 Å². The van der Waals surface area contributed by atoms with Crippen molar-refractivity contribution >= 4 is 17.8 Å². The summed E-state index contributed by atoms with van der Waals surface area (Å²) in [7, 11) is 0. The van der Waals surface area contributed by atoms with E-state index in [9.17, 15) is 22.8 Å². The minimum Gasteiger partial charge on any atom is -0.372 e. The second-order valence-corrected chi connectivity index (χ2v) is 5.49. The van der Waals surface area contributed by atoms with Crippen molar-refractivity contribution < 1.29 is 27.5 Å². The maximum Gasteiger partial charge on any atom is 0.411 e. The monoisotopic (exact) mass is 385 g/mol. The minimum absolute atomic E-state index is 0.0494. The van der Waals surface area contributed by atoms with Crippen LogP contribution < -0.4 is 10.6 Å². The van der Waals surface area contributed by atoms with Gasteiger partial charge in [0, 0.05) is 6.54 Å². The van der Waals surface area contributed by atoms with Gasteiger partial charge in [-0.2, -0.15) is 13.2 Å². The van der Waals surface area contributed by atoms with Crippen molar-refractivity contribution in [2.24, 2.45) is 0 Å². The average Bonchev–Trinajstić information content (AvgIpc) is 3.04. The van der Waals surface area contributed by atoms with Crippen molar-refractivity contribution in [2.45, 2.75) is 25.7 Å². The number of carbonyl (C=O) groups excluding carboxylic acids is 2. The van der Waals surface area contributed by atoms with Crippen LogP contribution in [0, 0.1) is 0 Å². The Labute approximate surface area is 152 Å². The number of nitrogens with one attached hydrogen (secondary N) is 2. The van der Waals surface area contributed by atoms with E-state index in [-0.39, 0.29) is 31.4 Å². The predicted molar refractivity (Wildman–Crippen MR) is 88.4 cm³/mol. The first-order valence-electron chi connectivity index (χ1n) is 7.96. The van der Waals surface area contributed by atoms with Crippen LogP contribution in [0.2, 0.25) is 0 Å². The van der Waals surface area contributed by atoms with E-state index in [0.717, 1.165) is 5.56 Å². The Morgan fingerprint density at radius 3 is 2.59 bits per heavy atom. The summed E-state index contributed by atoms with van der Waals surface area (Å²) in [5, 5.41) is 8.94. The SMILES string of the molecule is O=C(Cn1cnc(NC(=O)CCOCC(F)(F)F)n1)NCc1ccccc1. The molecule has 0 atom stereocenters. The van der Waals surface area contributed by atoms with Crippen molar-refractivity contribution in [3.63, 3.8) is 0 Å². The van der Waals surface area contributed by atoms with Gasteiger partial charge >= 0.3 is 6.18 Å². The summed E-state index contributed by atoms with van der Waals surface area (Å²) < 4.78 is 41.3. The van der Waals surface area contributed by atoms with E-state index in [2.05, 4.69) is 25.5 Å². The lowest BCUT2D eigenvalue weighted by Crippen LogP contribution is -2.27. The first kappa shape index (κ1) is 20.4. The molecule has 8 nitrogen and oxygen atoms in total. The molecule has 2 aromatic rings. The molecule has 27 heavy (non-hydrogen) atoms. The van der Waals surface area contributed by atoms with Gasteiger partial charge in [0.05, 0.1) is 13.0 Å². The lowest BCUT2D eigenvalue weighted by molar-refractivity contribution is -0.174. The topological polar surface area (TPSA) is 98.1 Å². The van der Waals surface area contributed by atoms with Gasteiger partial charge in [-0.15, -0.1) is 5.10 Å². The fourth-order valence-electron chi connectivity index (χ4n) is 1.97. The molecule has 0 spiro atoms. The fraction of sp³-hybridized carbons (Fsp3) is 0.375. The summed E-state index contributed by atoms with van der Waals surface area (Å²) in [6, 6.07) is 9.35. The number of hydrogen-bond donors (Lipinski definition) is 2. The number of rotatable bonds is 9. The van der Waals surface area contributed by atoms with Gasteiger partial charge in [0.15, 0.2) is 0 Å². The van der Waals surface area contributed by atoms with Crippen LogP contribution in [0.25, 0.3) is 0 Å². The zero-order valence-corrected chi connectivity index (χ0v) is 14.2. The molecule has 1 heterocycles. The Balaban J connectivity index is 1.69. The third-order valence-electron chi connectivity index (χ3n) is 3.16. The van der Waals surface area contributed by atoms with Crippen molar-refractivity contribution in [2.75, 3.05) is 18.5 Å². The number of alkyl halides is 3. The molecule has 0 fully saturated rings. The van der Waals surface area contributed by atoms with Crippen LogP contribution in [0.1, 0.15) is 12.0 Å². The van der Waals surface area contributed by atoms with Crippen LogP contribution in [0.3, 0.4) is 0 Å². The third kappa shape index (κ3) is 8.31. The summed E-state index contributed by atoms with van der Waals surface area (Å²) in [6.07, 6.45) is -3.45. The van der Waals surface area contributed by atoms with Gasteiger partial charge in [0.1, 0.15) is 19.5 Å². The number of nitrogens with zero attached hydrogens (tertiary/aromatic N) is 3. The molecule has 146 valence electrons. The molecule has 0 aliphatic heterocycles. The lowest BCUT2D eigenvalue weighted by Gasteiger charge is -2.07. The summed E-state index contributed by atoms with van der Waals surface area (Å²) in [6.45, 7) is -1.51. The standard InChI is InChI=1S/C16H18F3N5O3/c17-16(18,19)10-27-7-6-13(25)22-15-21-11-24(23-15)9-14(26)20-8-12-4-2-1-3-5-12/h1-5,11H,6-10H2,(H,20,26)(H,22,23,25). The quantitative estimate of drug-likeness (QED) is 0.638. The van der Waals surface area contributed by atoms with Crippen molar-refractivity contribution in [3.05, 3.63) is 42.2 Å². The normalized spacial score (nSPS) is 11.2. The second kappa shape index (κ2) is 9.67. The smallest absolute Gasteiger partial charge is 0.372 e. The minimum atomic E-state index is -4.43. The molecule has 1 aromatic heterocycles. The molecule has 1 aromatic carbocycles. The van der Waals surface area contributed by atoms with Crippen molar-refractivity contribution in [3.8, 4) is 0 Å². The van der Waals surface area contributed by atoms with E-state index in [4.69, 9.17) is 0 Å². The number of halogens is 3. The molecule has 0 unspecified atom stereocenters. The Morgan fingerprint density at radius 2 is 1.89 bits per heavy atom. The van der Waals surface area contributed by atoms with Gasteiger partial charge in [-0.3, -0.25) is 14.9 Å². The van der Waals surface area contributed by atoms with E-state index in [1.807, 2.05) is 30.3 Å². The number of anilines is 1. The van der Waals surface area contributed by atoms with Crippen LogP contribution in [-0.4, -0.2) is 46.0 Å². The van der Waals surface area contributed by atoms with Gasteiger partial charge in [-0.25, -0.2) is 9.67 Å². The number of aromatic nitrogens is 3. The van der Waals surface area contributed by atoms with Gasteiger partial charge in [0.25, 0.3) is 0 Å². The van der Waals surface area contributed by atoms with E-state index >= 15 is 0 Å². The first-order valence-corrected chi connectivity index (χ1v) is 7.96. The molecule has 0 saturated heterocycles. The van der Waals surface area contributed by atoms with E-state index in [1.165, 1.54) is 11.0 Å². The Hall–Kier alpha value is -2.95. The van der Waals surface area contributed by atoms with E-state index < -0.39 is 18.7 Å². The number of ether oxygens (including phenoxy) is 1. The average molecular weight is 385 g/mol. The maximum atomic E-state index is 11.9. The van der Waals surface area contributed by atoms with E-state index in [1.54, 1.807) is 0 Å². The Kier molecular flexibility index (Phi) is 7.29. The molecule has 11 heteroatoms. The Bertz CT molecular complexity index is 749. The van der Waals surface area contributed by atoms with Gasteiger partial charge in [-0.1, -0.05) is 30.3 Å². The highest BCUT2D eigenvalue weighted by Crippen LogP contribution is 2.14. The molecule has 2 N–H and O–H groups in total. The summed E-state index contributed by atoms with van der Waals surface area (Å²) in [4.78, 5) is 27.3. The van der Waals surface area contributed by atoms with Crippen LogP contribution in [0.5, 0.6) is 0 Å². The molecule has 0 saturated carbocycles. The molecular weight excluding hydrogens is 367 g/mol. The van der Waals surface area contributed by atoms with Gasteiger partial charge in [0.2, 0.25) is 17.8 Å². The maximum absolute atomic E-state index is 11.9. The van der Waals surface area contributed by atoms with Crippen LogP contribution in [-0.2, 0) is 27.4 Å². The molecule has 0 aliphatic carbocycles. The first-order chi connectivity index (χ1) is 12.8. The number of carbonyl (C=O) groups is 2. The fourth-order valence-corrected chi connectivity index (χ4v) is 1.97. The number of hydrogen-bond acceptors (Lipinski definition) is 5. The zero-order valence-electron chi connectivity index (χ0n) is 14.2. The predicted octanol–water partition coefficient (Wildman–Crippen LogP) is 1.50. The van der Waals surface area contributed by atoms with Crippen molar-refractivity contribution in [1.29, 1.82) is 0 Å². The highest BCUT2D eigenvalue weighted by Gasteiger charge is 2.27. The second-order valence-electron chi connectivity index (χ2n) is 5.49. The van der Waals surface area contributed by atoms with Crippen molar-refractivity contribution in [1.82, 2.24) is 20.1 Å². The number of benzene rings is 1. The Morgan fingerprint density at radius 1 is 1.15 bits per heavy atom. The molecule has 0 bridgehead atoms. The van der Waals surface area contributed by atoms with E-state index in [0.29, 0.717) is 6.54 Å². The molecule has 0 radical (unpaired) electrons. The summed E-state index contributed by atoms with van der Waals surface area (Å²) in [5.41, 5.74) is 0.949. The van der Waals surface area contributed by atoms with Crippen LogP contribution >= 0.6 is 0 Å². The molecule has 2 amide bonds. The molecule has 0 aliphatic rings. The van der Waals surface area contributed by atoms with Crippen LogP contribution in [0.4, 0.5) is 19.1 Å². The summed E-state index contributed by atoms with van der Waals surface area (Å²) in [5.74, 6) is -0.933. The highest BCUT2D eigenvalue weighted by molar-refractivity contribution is 5.88. The zero-order chi connectivity index (χ0) is 19.7. The largest absolute Gasteiger partial charge is 0.411 e. The number of amides is 2. The highest BCUT2D eigenvalue weighted by atomic mass is 19.4. The lowest BCUT2D eigenvalue weighted by atomic mass is 10.2.